The lowest BCUT2D eigenvalue weighted by Crippen LogP contribution is -2.34. The number of rotatable bonds is 5. The zero-order chi connectivity index (χ0) is 13.9. The van der Waals surface area contributed by atoms with Crippen molar-refractivity contribution >= 4 is 11.4 Å². The Morgan fingerprint density at radius 3 is 2.17 bits per heavy atom. The van der Waals surface area contributed by atoms with Gasteiger partial charge in [0.2, 0.25) is 0 Å². The predicted octanol–water partition coefficient (Wildman–Crippen LogP) is 2.55. The molecule has 0 heterocycles. The SMILES string of the molecule is CN(C)CC(C)(C)CNc1c(F)cc(N)cc1F. The number of nitrogen functional groups attached to an aromatic ring is 1. The monoisotopic (exact) mass is 257 g/mol. The van der Waals surface area contributed by atoms with E-state index in [1.807, 2.05) is 32.8 Å². The second-order valence-electron chi connectivity index (χ2n) is 5.62. The number of halogens is 2. The van der Waals surface area contributed by atoms with Gasteiger partial charge in [0.1, 0.15) is 5.69 Å². The molecule has 1 rings (SSSR count). The summed E-state index contributed by atoms with van der Waals surface area (Å²) in [5, 5.41) is 2.82. The van der Waals surface area contributed by atoms with E-state index in [1.165, 1.54) is 0 Å². The molecule has 0 bridgehead atoms. The lowest BCUT2D eigenvalue weighted by atomic mass is 9.93. The van der Waals surface area contributed by atoms with Gasteiger partial charge in [-0.3, -0.25) is 0 Å². The minimum atomic E-state index is -0.659. The van der Waals surface area contributed by atoms with Gasteiger partial charge < -0.3 is 16.0 Å². The van der Waals surface area contributed by atoms with Gasteiger partial charge in [-0.25, -0.2) is 8.78 Å². The summed E-state index contributed by atoms with van der Waals surface area (Å²) in [5.41, 5.74) is 5.24. The molecule has 0 aromatic heterocycles. The molecule has 0 spiro atoms. The molecule has 18 heavy (non-hydrogen) atoms. The summed E-state index contributed by atoms with van der Waals surface area (Å²) in [5.74, 6) is -1.32. The maximum atomic E-state index is 13.6. The van der Waals surface area contributed by atoms with Crippen molar-refractivity contribution in [2.75, 3.05) is 38.2 Å². The zero-order valence-electron chi connectivity index (χ0n) is 11.3. The van der Waals surface area contributed by atoms with E-state index in [0.29, 0.717) is 6.54 Å². The highest BCUT2D eigenvalue weighted by atomic mass is 19.1. The van der Waals surface area contributed by atoms with Crippen LogP contribution in [0.1, 0.15) is 13.8 Å². The normalized spacial score (nSPS) is 11.9. The summed E-state index contributed by atoms with van der Waals surface area (Å²) in [4.78, 5) is 2.04. The summed E-state index contributed by atoms with van der Waals surface area (Å²) in [6.07, 6.45) is 0. The van der Waals surface area contributed by atoms with Crippen LogP contribution < -0.4 is 11.1 Å². The fourth-order valence-corrected chi connectivity index (χ4v) is 2.00. The predicted molar refractivity (Wildman–Crippen MR) is 71.6 cm³/mol. The Morgan fingerprint density at radius 2 is 1.72 bits per heavy atom. The number of benzene rings is 1. The number of anilines is 2. The maximum Gasteiger partial charge on any atom is 0.151 e. The van der Waals surface area contributed by atoms with Gasteiger partial charge in [0.25, 0.3) is 0 Å². The number of hydrogen-bond donors (Lipinski definition) is 2. The highest BCUT2D eigenvalue weighted by Gasteiger charge is 2.20. The fourth-order valence-electron chi connectivity index (χ4n) is 2.00. The zero-order valence-corrected chi connectivity index (χ0v) is 11.3. The minimum Gasteiger partial charge on any atom is -0.399 e. The number of nitrogens with one attached hydrogen (secondary N) is 1. The van der Waals surface area contributed by atoms with E-state index >= 15 is 0 Å². The van der Waals surface area contributed by atoms with Gasteiger partial charge in [0.15, 0.2) is 11.6 Å². The Hall–Kier alpha value is -1.36. The maximum absolute atomic E-state index is 13.6. The second-order valence-corrected chi connectivity index (χ2v) is 5.62. The Balaban J connectivity index is 2.75. The average molecular weight is 257 g/mol. The van der Waals surface area contributed by atoms with Crippen molar-refractivity contribution < 1.29 is 8.78 Å². The van der Waals surface area contributed by atoms with Crippen LogP contribution in [0.5, 0.6) is 0 Å². The molecular formula is C13H21F2N3. The molecule has 0 aliphatic carbocycles. The van der Waals surface area contributed by atoms with Gasteiger partial charge in [0, 0.05) is 18.8 Å². The molecule has 3 nitrogen and oxygen atoms in total. The average Bonchev–Trinajstić information content (AvgIpc) is 2.12. The van der Waals surface area contributed by atoms with Crippen LogP contribution >= 0.6 is 0 Å². The van der Waals surface area contributed by atoms with E-state index in [2.05, 4.69) is 5.32 Å². The molecule has 0 unspecified atom stereocenters. The fraction of sp³-hybridized carbons (Fsp3) is 0.538. The first kappa shape index (κ1) is 14.7. The third-order valence-corrected chi connectivity index (χ3v) is 2.55. The smallest absolute Gasteiger partial charge is 0.151 e. The first-order valence-electron chi connectivity index (χ1n) is 5.84. The first-order valence-corrected chi connectivity index (χ1v) is 5.84. The summed E-state index contributed by atoms with van der Waals surface area (Å²) in [6.45, 7) is 5.36. The second kappa shape index (κ2) is 5.52. The van der Waals surface area contributed by atoms with E-state index in [9.17, 15) is 8.78 Å². The Kier molecular flexibility index (Phi) is 4.51. The number of nitrogens with two attached hydrogens (primary N) is 1. The Morgan fingerprint density at radius 1 is 1.22 bits per heavy atom. The Labute approximate surface area is 107 Å². The standard InChI is InChI=1S/C13H21F2N3/c1-13(2,8-18(3)4)7-17-12-10(14)5-9(16)6-11(12)15/h5-6,17H,7-8,16H2,1-4H3. The van der Waals surface area contributed by atoms with Crippen molar-refractivity contribution in [3.8, 4) is 0 Å². The van der Waals surface area contributed by atoms with Crippen LogP contribution in [-0.4, -0.2) is 32.1 Å². The highest BCUT2D eigenvalue weighted by Crippen LogP contribution is 2.24. The first-order chi connectivity index (χ1) is 8.21. The summed E-state index contributed by atoms with van der Waals surface area (Å²) in [6, 6.07) is 2.23. The Bertz CT molecular complexity index is 394. The van der Waals surface area contributed by atoms with Gasteiger partial charge in [-0.1, -0.05) is 13.8 Å². The van der Waals surface area contributed by atoms with Crippen LogP contribution in [0.3, 0.4) is 0 Å². The van der Waals surface area contributed by atoms with E-state index in [-0.39, 0.29) is 16.8 Å². The molecule has 0 atom stereocenters. The number of nitrogens with zero attached hydrogens (tertiary/aromatic N) is 1. The molecule has 0 radical (unpaired) electrons. The third kappa shape index (κ3) is 4.14. The largest absolute Gasteiger partial charge is 0.399 e. The van der Waals surface area contributed by atoms with Crippen molar-refractivity contribution in [3.63, 3.8) is 0 Å². The van der Waals surface area contributed by atoms with Gasteiger partial charge in [-0.2, -0.15) is 0 Å². The van der Waals surface area contributed by atoms with Crippen LogP contribution in [0, 0.1) is 17.0 Å². The molecule has 0 saturated carbocycles. The van der Waals surface area contributed by atoms with Crippen LogP contribution in [0.15, 0.2) is 12.1 Å². The minimum absolute atomic E-state index is 0.0862. The van der Waals surface area contributed by atoms with Gasteiger partial charge in [-0.05, 0) is 31.6 Å². The highest BCUT2D eigenvalue weighted by molar-refractivity contribution is 5.54. The van der Waals surface area contributed by atoms with E-state index in [1.54, 1.807) is 0 Å². The molecule has 5 heteroatoms. The third-order valence-electron chi connectivity index (χ3n) is 2.55. The number of hydrogen-bond acceptors (Lipinski definition) is 3. The molecular weight excluding hydrogens is 236 g/mol. The topological polar surface area (TPSA) is 41.3 Å². The molecule has 1 aromatic rings. The van der Waals surface area contributed by atoms with Crippen molar-refractivity contribution in [3.05, 3.63) is 23.8 Å². The van der Waals surface area contributed by atoms with Crippen LogP contribution in [0.25, 0.3) is 0 Å². The van der Waals surface area contributed by atoms with Crippen molar-refractivity contribution in [2.24, 2.45) is 5.41 Å². The summed E-state index contributed by atoms with van der Waals surface area (Å²) in [7, 11) is 3.93. The van der Waals surface area contributed by atoms with E-state index in [4.69, 9.17) is 5.73 Å². The van der Waals surface area contributed by atoms with Crippen molar-refractivity contribution in [1.29, 1.82) is 0 Å². The molecule has 102 valence electrons. The van der Waals surface area contributed by atoms with Crippen LogP contribution in [0.2, 0.25) is 0 Å². The molecule has 0 aliphatic rings. The van der Waals surface area contributed by atoms with E-state index < -0.39 is 11.6 Å². The summed E-state index contributed by atoms with van der Waals surface area (Å²) < 4.78 is 27.1. The van der Waals surface area contributed by atoms with Gasteiger partial charge >= 0.3 is 0 Å². The summed E-state index contributed by atoms with van der Waals surface area (Å²) >= 11 is 0. The lowest BCUT2D eigenvalue weighted by Gasteiger charge is -2.29. The molecule has 0 fully saturated rings. The van der Waals surface area contributed by atoms with Gasteiger partial charge in [-0.15, -0.1) is 0 Å². The molecule has 0 saturated heterocycles. The molecule has 0 aliphatic heterocycles. The van der Waals surface area contributed by atoms with Crippen molar-refractivity contribution in [2.45, 2.75) is 13.8 Å². The van der Waals surface area contributed by atoms with Crippen molar-refractivity contribution in [1.82, 2.24) is 4.90 Å². The van der Waals surface area contributed by atoms with E-state index in [0.717, 1.165) is 18.7 Å². The molecule has 3 N–H and O–H groups in total. The lowest BCUT2D eigenvalue weighted by molar-refractivity contribution is 0.254. The van der Waals surface area contributed by atoms with Crippen LogP contribution in [-0.2, 0) is 0 Å². The molecule has 1 aromatic carbocycles. The van der Waals surface area contributed by atoms with Gasteiger partial charge in [0.05, 0.1) is 0 Å². The quantitative estimate of drug-likeness (QED) is 0.796. The van der Waals surface area contributed by atoms with Crippen LogP contribution in [0.4, 0.5) is 20.2 Å². The molecule has 0 amide bonds.